The van der Waals surface area contributed by atoms with Crippen molar-refractivity contribution in [3.63, 3.8) is 0 Å². The predicted molar refractivity (Wildman–Crippen MR) is 92.1 cm³/mol. The number of aromatic nitrogens is 4. The number of nitrogens with one attached hydrogen (secondary N) is 1. The molecule has 1 fully saturated rings. The molecule has 23 heavy (non-hydrogen) atoms. The Morgan fingerprint density at radius 1 is 1.35 bits per heavy atom. The quantitative estimate of drug-likeness (QED) is 0.800. The van der Waals surface area contributed by atoms with Crippen LogP contribution in [-0.2, 0) is 5.54 Å². The average molecular weight is 323 g/mol. The number of thioether (sulfide) groups is 1. The summed E-state index contributed by atoms with van der Waals surface area (Å²) in [4.78, 5) is 7.48. The van der Waals surface area contributed by atoms with Crippen LogP contribution in [0.25, 0.3) is 22.2 Å². The van der Waals surface area contributed by atoms with Crippen LogP contribution in [0.2, 0.25) is 0 Å². The fraction of sp³-hybridized carbons (Fsp3) is 0.353. The van der Waals surface area contributed by atoms with Crippen molar-refractivity contribution in [2.24, 2.45) is 0 Å². The Labute approximate surface area is 138 Å². The number of aromatic amines is 1. The van der Waals surface area contributed by atoms with Gasteiger partial charge in [0.15, 0.2) is 0 Å². The zero-order valence-corrected chi connectivity index (χ0v) is 13.5. The van der Waals surface area contributed by atoms with E-state index in [1.54, 1.807) is 0 Å². The minimum atomic E-state index is -0.150. The standard InChI is InChI=1S/C17H17N5S/c18-6-3-17(4-9-23-10-5-17)22-12-13(11-21-22)14-1-7-19-16-15(14)2-8-20-16/h1-2,7-8,11-12H,3-5,9-10H2,(H,19,20). The maximum absolute atomic E-state index is 9.27. The minimum Gasteiger partial charge on any atom is -0.346 e. The molecule has 1 aliphatic heterocycles. The molecule has 0 saturated carbocycles. The highest BCUT2D eigenvalue weighted by Gasteiger charge is 2.35. The number of rotatable bonds is 3. The molecule has 0 spiro atoms. The molecule has 0 amide bonds. The van der Waals surface area contributed by atoms with E-state index in [1.165, 1.54) is 0 Å². The number of fused-ring (bicyclic) bond motifs is 1. The van der Waals surface area contributed by atoms with Crippen LogP contribution in [0.4, 0.5) is 0 Å². The number of nitrogens with zero attached hydrogens (tertiary/aromatic N) is 4. The Morgan fingerprint density at radius 2 is 2.22 bits per heavy atom. The lowest BCUT2D eigenvalue weighted by Crippen LogP contribution is -2.37. The molecule has 0 unspecified atom stereocenters. The molecule has 1 aliphatic rings. The van der Waals surface area contributed by atoms with Gasteiger partial charge in [-0.05, 0) is 42.0 Å². The first-order chi connectivity index (χ1) is 11.3. The highest BCUT2D eigenvalue weighted by molar-refractivity contribution is 7.99. The summed E-state index contributed by atoms with van der Waals surface area (Å²) in [6.45, 7) is 0. The summed E-state index contributed by atoms with van der Waals surface area (Å²) in [6.07, 6.45) is 10.2. The summed E-state index contributed by atoms with van der Waals surface area (Å²) < 4.78 is 2.03. The van der Waals surface area contributed by atoms with Gasteiger partial charge in [-0.3, -0.25) is 4.68 Å². The van der Waals surface area contributed by atoms with E-state index >= 15 is 0 Å². The van der Waals surface area contributed by atoms with Gasteiger partial charge < -0.3 is 4.98 Å². The van der Waals surface area contributed by atoms with Gasteiger partial charge in [0.05, 0.1) is 24.2 Å². The van der Waals surface area contributed by atoms with Crippen molar-refractivity contribution in [2.45, 2.75) is 24.8 Å². The summed E-state index contributed by atoms with van der Waals surface area (Å²) >= 11 is 1.96. The van der Waals surface area contributed by atoms with Crippen molar-refractivity contribution in [3.8, 4) is 17.2 Å². The Balaban J connectivity index is 1.76. The molecular weight excluding hydrogens is 306 g/mol. The van der Waals surface area contributed by atoms with Gasteiger partial charge >= 0.3 is 0 Å². The van der Waals surface area contributed by atoms with Crippen LogP contribution < -0.4 is 0 Å². The lowest BCUT2D eigenvalue weighted by molar-refractivity contribution is 0.239. The highest BCUT2D eigenvalue weighted by Crippen LogP contribution is 2.37. The summed E-state index contributed by atoms with van der Waals surface area (Å²) in [5.74, 6) is 2.18. The Hall–Kier alpha value is -2.26. The summed E-state index contributed by atoms with van der Waals surface area (Å²) in [5, 5.41) is 15.0. The van der Waals surface area contributed by atoms with Crippen LogP contribution in [0.15, 0.2) is 36.9 Å². The molecular formula is C17H17N5S. The molecule has 0 radical (unpaired) electrons. The second kappa shape index (κ2) is 5.74. The maximum Gasteiger partial charge on any atom is 0.137 e. The first-order valence-corrected chi connectivity index (χ1v) is 8.90. The van der Waals surface area contributed by atoms with E-state index in [-0.39, 0.29) is 5.54 Å². The van der Waals surface area contributed by atoms with Crippen LogP contribution in [0.5, 0.6) is 0 Å². The summed E-state index contributed by atoms with van der Waals surface area (Å²) in [6, 6.07) is 6.42. The van der Waals surface area contributed by atoms with E-state index in [0.717, 1.165) is 46.5 Å². The molecule has 0 bridgehead atoms. The van der Waals surface area contributed by atoms with Gasteiger partial charge in [0.2, 0.25) is 0 Å². The van der Waals surface area contributed by atoms with Gasteiger partial charge in [0.25, 0.3) is 0 Å². The second-order valence-corrected chi connectivity index (χ2v) is 7.17. The van der Waals surface area contributed by atoms with E-state index < -0.39 is 0 Å². The summed E-state index contributed by atoms with van der Waals surface area (Å²) in [5.41, 5.74) is 2.94. The Morgan fingerprint density at radius 3 is 3.04 bits per heavy atom. The van der Waals surface area contributed by atoms with Gasteiger partial charge in [-0.1, -0.05) is 0 Å². The lowest BCUT2D eigenvalue weighted by atomic mass is 9.89. The van der Waals surface area contributed by atoms with Crippen molar-refractivity contribution in [2.75, 3.05) is 11.5 Å². The fourth-order valence-electron chi connectivity index (χ4n) is 3.32. The van der Waals surface area contributed by atoms with E-state index in [9.17, 15) is 5.26 Å². The van der Waals surface area contributed by atoms with E-state index in [2.05, 4.69) is 27.3 Å². The second-order valence-electron chi connectivity index (χ2n) is 5.94. The molecule has 0 aliphatic carbocycles. The molecule has 0 atom stereocenters. The van der Waals surface area contributed by atoms with Gasteiger partial charge in [-0.25, -0.2) is 4.98 Å². The summed E-state index contributed by atoms with van der Waals surface area (Å²) in [7, 11) is 0. The van der Waals surface area contributed by atoms with E-state index in [4.69, 9.17) is 0 Å². The molecule has 4 rings (SSSR count). The maximum atomic E-state index is 9.27. The average Bonchev–Trinajstić information content (AvgIpc) is 3.25. The third kappa shape index (κ3) is 2.41. The van der Waals surface area contributed by atoms with Gasteiger partial charge in [0.1, 0.15) is 5.65 Å². The molecule has 4 heterocycles. The molecule has 5 nitrogen and oxygen atoms in total. The lowest BCUT2D eigenvalue weighted by Gasteiger charge is -2.35. The topological polar surface area (TPSA) is 70.3 Å². The molecule has 3 aromatic heterocycles. The largest absolute Gasteiger partial charge is 0.346 e. The van der Waals surface area contributed by atoms with Crippen LogP contribution in [0.1, 0.15) is 19.3 Å². The normalized spacial score (nSPS) is 17.2. The molecule has 6 heteroatoms. The Kier molecular flexibility index (Phi) is 3.58. The number of hydrogen-bond donors (Lipinski definition) is 1. The van der Waals surface area contributed by atoms with Crippen LogP contribution in [0.3, 0.4) is 0 Å². The van der Waals surface area contributed by atoms with Crippen LogP contribution in [0, 0.1) is 11.3 Å². The zero-order chi connectivity index (χ0) is 15.7. The third-order valence-corrected chi connectivity index (χ3v) is 5.66. The first kappa shape index (κ1) is 14.3. The molecule has 3 aromatic rings. The zero-order valence-electron chi connectivity index (χ0n) is 12.7. The molecule has 1 saturated heterocycles. The molecule has 0 aromatic carbocycles. The highest BCUT2D eigenvalue weighted by atomic mass is 32.2. The van der Waals surface area contributed by atoms with Crippen LogP contribution in [-0.4, -0.2) is 31.3 Å². The molecule has 1 N–H and O–H groups in total. The van der Waals surface area contributed by atoms with Crippen molar-refractivity contribution < 1.29 is 0 Å². The number of pyridine rings is 1. The van der Waals surface area contributed by atoms with Crippen molar-refractivity contribution in [3.05, 3.63) is 36.9 Å². The number of H-pyrrole nitrogens is 1. The predicted octanol–water partition coefficient (Wildman–Crippen LogP) is 3.56. The number of hydrogen-bond acceptors (Lipinski definition) is 4. The number of nitriles is 1. The van der Waals surface area contributed by atoms with E-state index in [0.29, 0.717) is 6.42 Å². The fourth-order valence-corrected chi connectivity index (χ4v) is 4.57. The van der Waals surface area contributed by atoms with Gasteiger partial charge in [-0.2, -0.15) is 22.1 Å². The van der Waals surface area contributed by atoms with Crippen molar-refractivity contribution in [1.29, 1.82) is 5.26 Å². The SMILES string of the molecule is N#CCC1(n2cc(-c3ccnc4[nH]ccc34)cn2)CCSCC1. The molecule has 116 valence electrons. The van der Waals surface area contributed by atoms with Gasteiger partial charge in [-0.15, -0.1) is 0 Å². The first-order valence-electron chi connectivity index (χ1n) is 7.75. The van der Waals surface area contributed by atoms with Gasteiger partial charge in [0, 0.05) is 29.5 Å². The van der Waals surface area contributed by atoms with Crippen molar-refractivity contribution in [1.82, 2.24) is 19.7 Å². The third-order valence-electron chi connectivity index (χ3n) is 4.67. The monoisotopic (exact) mass is 323 g/mol. The van der Waals surface area contributed by atoms with Crippen LogP contribution >= 0.6 is 11.8 Å². The smallest absolute Gasteiger partial charge is 0.137 e. The Bertz CT molecular complexity index is 866. The van der Waals surface area contributed by atoms with Crippen molar-refractivity contribution >= 4 is 22.8 Å². The van der Waals surface area contributed by atoms with E-state index in [1.807, 2.05) is 47.2 Å². The minimum absolute atomic E-state index is 0.150.